The van der Waals surface area contributed by atoms with Gasteiger partial charge in [0, 0.05) is 28.5 Å². The molecule has 2 aromatic rings. The molecule has 0 fully saturated rings. The van der Waals surface area contributed by atoms with Crippen LogP contribution in [0.3, 0.4) is 0 Å². The highest BCUT2D eigenvalue weighted by molar-refractivity contribution is 9.10. The van der Waals surface area contributed by atoms with Gasteiger partial charge in [0.15, 0.2) is 0 Å². The average Bonchev–Trinajstić information content (AvgIpc) is 2.59. The van der Waals surface area contributed by atoms with E-state index < -0.39 is 0 Å². The summed E-state index contributed by atoms with van der Waals surface area (Å²) in [4.78, 5) is 12.0. The molecule has 0 aliphatic carbocycles. The predicted molar refractivity (Wildman–Crippen MR) is 99.7 cm³/mol. The first-order valence-electron chi connectivity index (χ1n) is 7.77. The Morgan fingerprint density at radius 1 is 1.08 bits per heavy atom. The SMILES string of the molecule is CCOCCOc1cccc(NCC(=O)Nc2ccc(Br)cc2)c1. The number of hydrogen-bond donors (Lipinski definition) is 2. The highest BCUT2D eigenvalue weighted by Gasteiger charge is 2.03. The summed E-state index contributed by atoms with van der Waals surface area (Å²) >= 11 is 3.36. The van der Waals surface area contributed by atoms with Gasteiger partial charge >= 0.3 is 0 Å². The largest absolute Gasteiger partial charge is 0.491 e. The first-order valence-corrected chi connectivity index (χ1v) is 8.56. The number of carbonyl (C=O) groups is 1. The Labute approximate surface area is 150 Å². The van der Waals surface area contributed by atoms with Gasteiger partial charge in [-0.2, -0.15) is 0 Å². The van der Waals surface area contributed by atoms with Gasteiger partial charge in [0.1, 0.15) is 12.4 Å². The molecular weight excluding hydrogens is 372 g/mol. The first kappa shape index (κ1) is 18.3. The minimum Gasteiger partial charge on any atom is -0.491 e. The first-order chi connectivity index (χ1) is 11.7. The lowest BCUT2D eigenvalue weighted by Gasteiger charge is -2.10. The maximum absolute atomic E-state index is 12.0. The molecule has 1 amide bonds. The molecule has 0 aliphatic heterocycles. The van der Waals surface area contributed by atoms with Gasteiger partial charge in [-0.3, -0.25) is 4.79 Å². The average molecular weight is 393 g/mol. The van der Waals surface area contributed by atoms with Gasteiger partial charge in [-0.1, -0.05) is 22.0 Å². The van der Waals surface area contributed by atoms with Crippen molar-refractivity contribution in [2.75, 3.05) is 37.0 Å². The summed E-state index contributed by atoms with van der Waals surface area (Å²) in [5.41, 5.74) is 1.59. The van der Waals surface area contributed by atoms with E-state index in [1.165, 1.54) is 0 Å². The summed E-state index contributed by atoms with van der Waals surface area (Å²) in [5.74, 6) is 0.632. The molecule has 0 spiro atoms. The van der Waals surface area contributed by atoms with Crippen molar-refractivity contribution in [2.24, 2.45) is 0 Å². The Hall–Kier alpha value is -2.05. The summed E-state index contributed by atoms with van der Waals surface area (Å²) in [5, 5.41) is 5.92. The molecule has 0 aliphatic rings. The quantitative estimate of drug-likeness (QED) is 0.635. The molecular formula is C18H21BrN2O3. The van der Waals surface area contributed by atoms with Gasteiger partial charge in [0.25, 0.3) is 0 Å². The van der Waals surface area contributed by atoms with E-state index in [-0.39, 0.29) is 12.5 Å². The Morgan fingerprint density at radius 2 is 1.88 bits per heavy atom. The van der Waals surface area contributed by atoms with Gasteiger partial charge in [0.2, 0.25) is 5.91 Å². The lowest BCUT2D eigenvalue weighted by molar-refractivity contribution is -0.114. The number of carbonyl (C=O) groups excluding carboxylic acids is 1. The van der Waals surface area contributed by atoms with E-state index in [1.807, 2.05) is 55.5 Å². The van der Waals surface area contributed by atoms with E-state index in [1.54, 1.807) is 0 Å². The Balaban J connectivity index is 1.78. The zero-order chi connectivity index (χ0) is 17.2. The van der Waals surface area contributed by atoms with Crippen LogP contribution in [-0.2, 0) is 9.53 Å². The van der Waals surface area contributed by atoms with Crippen LogP contribution < -0.4 is 15.4 Å². The fraction of sp³-hybridized carbons (Fsp3) is 0.278. The molecule has 0 unspecified atom stereocenters. The monoisotopic (exact) mass is 392 g/mol. The van der Waals surface area contributed by atoms with Crippen LogP contribution in [0.25, 0.3) is 0 Å². The van der Waals surface area contributed by atoms with E-state index in [0.717, 1.165) is 21.6 Å². The van der Waals surface area contributed by atoms with Crippen LogP contribution >= 0.6 is 15.9 Å². The van der Waals surface area contributed by atoms with Crippen molar-refractivity contribution in [3.05, 3.63) is 53.0 Å². The fourth-order valence-electron chi connectivity index (χ4n) is 1.98. The van der Waals surface area contributed by atoms with Crippen molar-refractivity contribution < 1.29 is 14.3 Å². The number of amides is 1. The Bertz CT molecular complexity index is 647. The van der Waals surface area contributed by atoms with Gasteiger partial charge < -0.3 is 20.1 Å². The minimum absolute atomic E-state index is 0.111. The van der Waals surface area contributed by atoms with E-state index in [2.05, 4.69) is 26.6 Å². The zero-order valence-electron chi connectivity index (χ0n) is 13.5. The van der Waals surface area contributed by atoms with Crippen LogP contribution in [0.1, 0.15) is 6.92 Å². The molecule has 0 saturated carbocycles. The third kappa shape index (κ3) is 6.60. The Morgan fingerprint density at radius 3 is 2.62 bits per heavy atom. The number of hydrogen-bond acceptors (Lipinski definition) is 4. The predicted octanol–water partition coefficient (Wildman–Crippen LogP) is 3.92. The normalized spacial score (nSPS) is 10.2. The molecule has 0 heterocycles. The van der Waals surface area contributed by atoms with Gasteiger partial charge in [-0.15, -0.1) is 0 Å². The molecule has 24 heavy (non-hydrogen) atoms. The third-order valence-corrected chi connectivity index (χ3v) is 3.64. The smallest absolute Gasteiger partial charge is 0.243 e. The van der Waals surface area contributed by atoms with Crippen LogP contribution in [0, 0.1) is 0 Å². The molecule has 2 N–H and O–H groups in total. The standard InChI is InChI=1S/C18H21BrN2O3/c1-2-23-10-11-24-17-5-3-4-16(12-17)20-13-18(22)21-15-8-6-14(19)7-9-15/h3-9,12,20H,2,10-11,13H2,1H3,(H,21,22). The highest BCUT2D eigenvalue weighted by atomic mass is 79.9. The second-order valence-electron chi connectivity index (χ2n) is 4.98. The van der Waals surface area contributed by atoms with Gasteiger partial charge in [0.05, 0.1) is 13.2 Å². The van der Waals surface area contributed by atoms with Crippen molar-refractivity contribution in [1.29, 1.82) is 0 Å². The second-order valence-corrected chi connectivity index (χ2v) is 5.90. The van der Waals surface area contributed by atoms with Crippen LogP contribution in [0.15, 0.2) is 53.0 Å². The number of benzene rings is 2. The fourth-order valence-corrected chi connectivity index (χ4v) is 2.24. The van der Waals surface area contributed by atoms with E-state index in [4.69, 9.17) is 9.47 Å². The van der Waals surface area contributed by atoms with Crippen molar-refractivity contribution >= 4 is 33.2 Å². The maximum Gasteiger partial charge on any atom is 0.243 e. The molecule has 5 nitrogen and oxygen atoms in total. The molecule has 0 radical (unpaired) electrons. The molecule has 2 rings (SSSR count). The zero-order valence-corrected chi connectivity index (χ0v) is 15.1. The van der Waals surface area contributed by atoms with Crippen LogP contribution in [0.4, 0.5) is 11.4 Å². The molecule has 0 aromatic heterocycles. The third-order valence-electron chi connectivity index (χ3n) is 3.12. The molecule has 0 atom stereocenters. The number of rotatable bonds is 9. The van der Waals surface area contributed by atoms with E-state index in [9.17, 15) is 4.79 Å². The molecule has 2 aromatic carbocycles. The highest BCUT2D eigenvalue weighted by Crippen LogP contribution is 2.17. The second kappa shape index (κ2) is 9.95. The van der Waals surface area contributed by atoms with Crippen LogP contribution in [0.5, 0.6) is 5.75 Å². The van der Waals surface area contributed by atoms with Crippen molar-refractivity contribution in [2.45, 2.75) is 6.92 Å². The van der Waals surface area contributed by atoms with Crippen LogP contribution in [-0.4, -0.2) is 32.3 Å². The lowest BCUT2D eigenvalue weighted by Crippen LogP contribution is -2.21. The lowest BCUT2D eigenvalue weighted by atomic mass is 10.3. The van der Waals surface area contributed by atoms with Crippen molar-refractivity contribution in [3.63, 3.8) is 0 Å². The number of anilines is 2. The summed E-state index contributed by atoms with van der Waals surface area (Å²) < 4.78 is 11.8. The maximum atomic E-state index is 12.0. The Kier molecular flexibility index (Phi) is 7.58. The minimum atomic E-state index is -0.111. The molecule has 0 bridgehead atoms. The summed E-state index contributed by atoms with van der Waals surface area (Å²) in [6.07, 6.45) is 0. The van der Waals surface area contributed by atoms with Gasteiger partial charge in [-0.05, 0) is 43.3 Å². The van der Waals surface area contributed by atoms with Crippen molar-refractivity contribution in [3.8, 4) is 5.75 Å². The summed E-state index contributed by atoms with van der Waals surface area (Å²) in [6.45, 7) is 3.87. The van der Waals surface area contributed by atoms with Crippen molar-refractivity contribution in [1.82, 2.24) is 0 Å². The molecule has 128 valence electrons. The van der Waals surface area contributed by atoms with E-state index in [0.29, 0.717) is 19.8 Å². The number of ether oxygens (including phenoxy) is 2. The summed E-state index contributed by atoms with van der Waals surface area (Å²) in [7, 11) is 0. The molecule has 6 heteroatoms. The molecule has 0 saturated heterocycles. The van der Waals surface area contributed by atoms with Crippen LogP contribution in [0.2, 0.25) is 0 Å². The summed E-state index contributed by atoms with van der Waals surface area (Å²) in [6, 6.07) is 15.0. The van der Waals surface area contributed by atoms with E-state index >= 15 is 0 Å². The number of nitrogens with one attached hydrogen (secondary N) is 2. The topological polar surface area (TPSA) is 59.6 Å². The van der Waals surface area contributed by atoms with Gasteiger partial charge in [-0.25, -0.2) is 0 Å². The number of halogens is 1.